The highest BCUT2D eigenvalue weighted by atomic mass is 35.5. The van der Waals surface area contributed by atoms with Crippen LogP contribution in [0.2, 0.25) is 10.2 Å². The van der Waals surface area contributed by atoms with Crippen molar-refractivity contribution >= 4 is 34.1 Å². The molecule has 5 nitrogen and oxygen atoms in total. The summed E-state index contributed by atoms with van der Waals surface area (Å²) in [5.41, 5.74) is 0.226. The molecule has 2 aromatic heterocycles. The van der Waals surface area contributed by atoms with Crippen molar-refractivity contribution in [1.82, 2.24) is 14.3 Å². The Hall–Kier alpha value is -2.05. The van der Waals surface area contributed by atoms with Gasteiger partial charge in [-0.25, -0.2) is 9.07 Å². The van der Waals surface area contributed by atoms with E-state index in [4.69, 9.17) is 27.9 Å². The van der Waals surface area contributed by atoms with Crippen LogP contribution < -0.4 is 10.3 Å². The van der Waals surface area contributed by atoms with Crippen LogP contribution in [0.15, 0.2) is 29.1 Å². The maximum atomic E-state index is 14.0. The number of ether oxygens (including phenoxy) is 1. The van der Waals surface area contributed by atoms with E-state index in [1.165, 1.54) is 25.6 Å². The van der Waals surface area contributed by atoms with E-state index in [2.05, 4.69) is 5.10 Å². The Labute approximate surface area is 147 Å². The molecule has 2 heterocycles. The van der Waals surface area contributed by atoms with Gasteiger partial charge in [-0.15, -0.1) is 0 Å². The number of aryl methyl sites for hydroxylation is 1. The lowest BCUT2D eigenvalue weighted by Crippen LogP contribution is -2.27. The fourth-order valence-electron chi connectivity index (χ4n) is 2.67. The van der Waals surface area contributed by atoms with Gasteiger partial charge in [0.2, 0.25) is 0 Å². The summed E-state index contributed by atoms with van der Waals surface area (Å²) in [6, 6.07) is 7.16. The molecule has 0 fully saturated rings. The van der Waals surface area contributed by atoms with Gasteiger partial charge in [-0.2, -0.15) is 5.10 Å². The second-order valence-electron chi connectivity index (χ2n) is 5.27. The predicted molar refractivity (Wildman–Crippen MR) is 92.4 cm³/mol. The lowest BCUT2D eigenvalue weighted by Gasteiger charge is -2.16. The van der Waals surface area contributed by atoms with Crippen LogP contribution in [0.5, 0.6) is 5.75 Å². The molecule has 0 aliphatic carbocycles. The van der Waals surface area contributed by atoms with E-state index in [9.17, 15) is 9.18 Å². The van der Waals surface area contributed by atoms with Gasteiger partial charge in [0.15, 0.2) is 11.4 Å². The highest BCUT2D eigenvalue weighted by Gasteiger charge is 2.26. The van der Waals surface area contributed by atoms with Crippen molar-refractivity contribution in [3.05, 3.63) is 50.5 Å². The molecule has 0 amide bonds. The van der Waals surface area contributed by atoms with E-state index in [-0.39, 0.29) is 22.3 Å². The monoisotopic (exact) mass is 369 g/mol. The van der Waals surface area contributed by atoms with E-state index in [1.54, 1.807) is 18.2 Å². The van der Waals surface area contributed by atoms with Gasteiger partial charge in [0, 0.05) is 12.4 Å². The number of alkyl halides is 1. The molecule has 0 aliphatic rings. The van der Waals surface area contributed by atoms with Gasteiger partial charge in [0.1, 0.15) is 17.0 Å². The van der Waals surface area contributed by atoms with Crippen LogP contribution in [0, 0.1) is 0 Å². The Bertz CT molecular complexity index is 995. The van der Waals surface area contributed by atoms with Crippen molar-refractivity contribution in [3.63, 3.8) is 0 Å². The Morgan fingerprint density at radius 1 is 1.29 bits per heavy atom. The summed E-state index contributed by atoms with van der Waals surface area (Å²) in [4.78, 5) is 12.7. The lowest BCUT2D eigenvalue weighted by atomic mass is 10.2. The second kappa shape index (κ2) is 6.11. The highest BCUT2D eigenvalue weighted by molar-refractivity contribution is 6.45. The van der Waals surface area contributed by atoms with Gasteiger partial charge in [-0.05, 0) is 13.0 Å². The third-order valence-corrected chi connectivity index (χ3v) is 4.60. The number of para-hydroxylation sites is 1. The van der Waals surface area contributed by atoms with Crippen molar-refractivity contribution in [2.45, 2.75) is 13.1 Å². The molecule has 3 rings (SSSR count). The molecular formula is C16H14Cl2FN3O2. The van der Waals surface area contributed by atoms with Crippen LogP contribution in [-0.4, -0.2) is 21.5 Å². The third kappa shape index (κ3) is 2.37. The molecule has 0 saturated heterocycles. The van der Waals surface area contributed by atoms with Gasteiger partial charge < -0.3 is 4.74 Å². The molecule has 126 valence electrons. The molecular weight excluding hydrogens is 356 g/mol. The number of halogens is 3. The third-order valence-electron chi connectivity index (χ3n) is 3.77. The largest absolute Gasteiger partial charge is 0.492 e. The van der Waals surface area contributed by atoms with Gasteiger partial charge in [0.25, 0.3) is 5.56 Å². The number of benzene rings is 1. The summed E-state index contributed by atoms with van der Waals surface area (Å²) in [6.45, 7) is 1.32. The Morgan fingerprint density at radius 3 is 2.58 bits per heavy atom. The average Bonchev–Trinajstić information content (AvgIpc) is 2.81. The molecule has 1 atom stereocenters. The zero-order chi connectivity index (χ0) is 17.6. The zero-order valence-electron chi connectivity index (χ0n) is 13.2. The maximum Gasteiger partial charge on any atom is 0.294 e. The van der Waals surface area contributed by atoms with Crippen LogP contribution in [0.4, 0.5) is 4.39 Å². The number of nitrogens with zero attached hydrogens (tertiary/aromatic N) is 3. The van der Waals surface area contributed by atoms with Gasteiger partial charge >= 0.3 is 0 Å². The molecule has 8 heteroatoms. The number of rotatable bonds is 3. The van der Waals surface area contributed by atoms with Crippen molar-refractivity contribution in [2.24, 2.45) is 7.05 Å². The number of hydrogen-bond acceptors (Lipinski definition) is 3. The summed E-state index contributed by atoms with van der Waals surface area (Å²) in [5.74, 6) is 0.0346. The van der Waals surface area contributed by atoms with Crippen molar-refractivity contribution in [3.8, 4) is 11.4 Å². The number of hydrogen-bond donors (Lipinski definition) is 0. The maximum absolute atomic E-state index is 14.0. The molecule has 24 heavy (non-hydrogen) atoms. The van der Waals surface area contributed by atoms with E-state index in [0.717, 1.165) is 4.68 Å². The van der Waals surface area contributed by atoms with Crippen molar-refractivity contribution in [2.75, 3.05) is 7.11 Å². The standard InChI is InChI=1S/C16H14Cl2FN3O2/c1-8(19)12-14(24-3)13(16(23)21(2)20-12)22-10-7-5-4-6-9(10)11(17)15(22)18/h4-8H,1-3H3. The minimum absolute atomic E-state index is 0.0135. The zero-order valence-corrected chi connectivity index (χ0v) is 14.7. The molecule has 0 aliphatic heterocycles. The molecule has 3 aromatic rings. The summed E-state index contributed by atoms with van der Waals surface area (Å²) in [6.07, 6.45) is -1.43. The Morgan fingerprint density at radius 2 is 1.96 bits per heavy atom. The van der Waals surface area contributed by atoms with Crippen LogP contribution in [0.3, 0.4) is 0 Å². The first-order valence-electron chi connectivity index (χ1n) is 7.12. The number of methoxy groups -OCH3 is 1. The van der Waals surface area contributed by atoms with Gasteiger partial charge in [0.05, 0.1) is 17.6 Å². The molecule has 0 saturated carbocycles. The summed E-state index contributed by atoms with van der Waals surface area (Å²) in [7, 11) is 2.80. The smallest absolute Gasteiger partial charge is 0.294 e. The second-order valence-corrected chi connectivity index (χ2v) is 6.01. The fraction of sp³-hybridized carbons (Fsp3) is 0.250. The molecule has 0 N–H and O–H groups in total. The summed E-state index contributed by atoms with van der Waals surface area (Å²) >= 11 is 12.7. The fourth-order valence-corrected chi connectivity index (χ4v) is 3.19. The van der Waals surface area contributed by atoms with Crippen LogP contribution in [0.1, 0.15) is 18.8 Å². The van der Waals surface area contributed by atoms with Crippen LogP contribution in [-0.2, 0) is 7.05 Å². The first kappa shape index (κ1) is 16.8. The normalized spacial score (nSPS) is 12.6. The predicted octanol–water partition coefficient (Wildman–Crippen LogP) is 4.07. The topological polar surface area (TPSA) is 49.1 Å². The lowest BCUT2D eigenvalue weighted by molar-refractivity contribution is 0.328. The first-order valence-corrected chi connectivity index (χ1v) is 7.88. The first-order chi connectivity index (χ1) is 11.4. The molecule has 0 radical (unpaired) electrons. The van der Waals surface area contributed by atoms with E-state index in [1.807, 2.05) is 6.07 Å². The van der Waals surface area contributed by atoms with E-state index in [0.29, 0.717) is 15.9 Å². The Balaban J connectivity index is 2.52. The minimum atomic E-state index is -1.43. The van der Waals surface area contributed by atoms with Crippen molar-refractivity contribution in [1.29, 1.82) is 0 Å². The summed E-state index contributed by atoms with van der Waals surface area (Å²) < 4.78 is 21.8. The molecule has 1 unspecified atom stereocenters. The SMILES string of the molecule is COc1c(C(C)F)nn(C)c(=O)c1-n1c(Cl)c(Cl)c2ccccc21. The molecule has 0 bridgehead atoms. The Kier molecular flexibility index (Phi) is 4.27. The summed E-state index contributed by atoms with van der Waals surface area (Å²) in [5, 5.41) is 5.10. The quantitative estimate of drug-likeness (QED) is 0.698. The minimum Gasteiger partial charge on any atom is -0.492 e. The van der Waals surface area contributed by atoms with Crippen molar-refractivity contribution < 1.29 is 9.13 Å². The van der Waals surface area contributed by atoms with Gasteiger partial charge in [-0.1, -0.05) is 41.4 Å². The molecule has 0 spiro atoms. The average molecular weight is 370 g/mol. The van der Waals surface area contributed by atoms with E-state index < -0.39 is 11.7 Å². The van der Waals surface area contributed by atoms with Crippen LogP contribution in [0.25, 0.3) is 16.6 Å². The molecule has 1 aromatic carbocycles. The highest BCUT2D eigenvalue weighted by Crippen LogP contribution is 2.39. The van der Waals surface area contributed by atoms with E-state index >= 15 is 0 Å². The number of fused-ring (bicyclic) bond motifs is 1. The van der Waals surface area contributed by atoms with Crippen LogP contribution >= 0.6 is 23.2 Å². The van der Waals surface area contributed by atoms with Gasteiger partial charge in [-0.3, -0.25) is 9.36 Å². The number of aromatic nitrogens is 3.